The molecule has 3 aromatic rings. The maximum absolute atomic E-state index is 13.2. The number of carboxylic acid groups (broad SMARTS) is 1. The van der Waals surface area contributed by atoms with Crippen molar-refractivity contribution in [3.63, 3.8) is 0 Å². The lowest BCUT2D eigenvalue weighted by molar-refractivity contribution is 0.0698. The number of rotatable bonds is 5. The van der Waals surface area contributed by atoms with Crippen molar-refractivity contribution in [2.75, 3.05) is 4.90 Å². The molecule has 138 valence electrons. The Balaban J connectivity index is 2.09. The summed E-state index contributed by atoms with van der Waals surface area (Å²) < 4.78 is 0. The summed E-state index contributed by atoms with van der Waals surface area (Å²) in [7, 11) is 0. The molecule has 0 atom stereocenters. The Morgan fingerprint density at radius 3 is 2.19 bits per heavy atom. The van der Waals surface area contributed by atoms with Gasteiger partial charge in [0.1, 0.15) is 5.00 Å². The van der Waals surface area contributed by atoms with Crippen molar-refractivity contribution in [1.29, 1.82) is 0 Å². The molecule has 0 spiro atoms. The topological polar surface area (TPSA) is 57.6 Å². The van der Waals surface area contributed by atoms with E-state index >= 15 is 0 Å². The molecule has 0 saturated carbocycles. The molecule has 0 aliphatic rings. The van der Waals surface area contributed by atoms with Crippen LogP contribution in [0.4, 0.5) is 5.00 Å². The quantitative estimate of drug-likeness (QED) is 0.639. The van der Waals surface area contributed by atoms with E-state index in [1.165, 1.54) is 11.3 Å². The van der Waals surface area contributed by atoms with Gasteiger partial charge >= 0.3 is 5.97 Å². The molecule has 3 rings (SSSR count). The molecule has 1 N–H and O–H groups in total. The summed E-state index contributed by atoms with van der Waals surface area (Å²) in [5.41, 5.74) is 2.69. The number of thiophene rings is 1. The highest BCUT2D eigenvalue weighted by Crippen LogP contribution is 2.39. The Morgan fingerprint density at radius 1 is 1.00 bits per heavy atom. The van der Waals surface area contributed by atoms with Crippen molar-refractivity contribution in [3.8, 4) is 10.4 Å². The molecule has 0 bridgehead atoms. The summed E-state index contributed by atoms with van der Waals surface area (Å²) in [6, 6.07) is 18.4. The number of benzene rings is 2. The van der Waals surface area contributed by atoms with Crippen LogP contribution in [-0.4, -0.2) is 23.0 Å². The second-order valence-corrected chi connectivity index (χ2v) is 7.67. The van der Waals surface area contributed by atoms with Crippen LogP contribution in [0.25, 0.3) is 10.4 Å². The van der Waals surface area contributed by atoms with E-state index in [1.54, 1.807) is 23.1 Å². The van der Waals surface area contributed by atoms with Gasteiger partial charge in [0, 0.05) is 16.5 Å². The number of carboxylic acids is 1. The summed E-state index contributed by atoms with van der Waals surface area (Å²) in [4.78, 5) is 27.4. The molecular formula is C22H21NO3S. The lowest BCUT2D eigenvalue weighted by Crippen LogP contribution is -2.37. The third-order valence-corrected chi connectivity index (χ3v) is 5.44. The molecule has 0 unspecified atom stereocenters. The lowest BCUT2D eigenvalue weighted by atomic mass is 10.1. The van der Waals surface area contributed by atoms with Crippen molar-refractivity contribution in [1.82, 2.24) is 0 Å². The smallest absolute Gasteiger partial charge is 0.338 e. The van der Waals surface area contributed by atoms with Crippen LogP contribution in [0.2, 0.25) is 0 Å². The van der Waals surface area contributed by atoms with Gasteiger partial charge in [-0.25, -0.2) is 4.79 Å². The predicted octanol–water partition coefficient (Wildman–Crippen LogP) is 5.48. The molecule has 0 fully saturated rings. The molecule has 0 aliphatic heterocycles. The monoisotopic (exact) mass is 379 g/mol. The first-order valence-corrected chi connectivity index (χ1v) is 9.53. The first kappa shape index (κ1) is 18.9. The molecule has 1 aromatic heterocycles. The van der Waals surface area contributed by atoms with E-state index in [4.69, 9.17) is 0 Å². The number of aromatic carboxylic acids is 1. The zero-order chi connectivity index (χ0) is 19.6. The number of anilines is 1. The van der Waals surface area contributed by atoms with Gasteiger partial charge in [-0.1, -0.05) is 48.0 Å². The van der Waals surface area contributed by atoms with Crippen molar-refractivity contribution < 1.29 is 14.7 Å². The normalized spacial score (nSPS) is 10.8. The largest absolute Gasteiger partial charge is 0.478 e. The van der Waals surface area contributed by atoms with Crippen LogP contribution in [0.1, 0.15) is 40.1 Å². The van der Waals surface area contributed by atoms with E-state index in [2.05, 4.69) is 0 Å². The number of nitrogens with zero attached hydrogens (tertiary/aromatic N) is 1. The van der Waals surface area contributed by atoms with E-state index < -0.39 is 5.97 Å². The van der Waals surface area contributed by atoms with Crippen molar-refractivity contribution >= 4 is 28.2 Å². The van der Waals surface area contributed by atoms with Crippen LogP contribution in [0, 0.1) is 6.92 Å². The molecule has 4 nitrogen and oxygen atoms in total. The Hall–Kier alpha value is -2.92. The van der Waals surface area contributed by atoms with Gasteiger partial charge in [-0.3, -0.25) is 9.69 Å². The molecule has 1 heterocycles. The fraction of sp³-hybridized carbons (Fsp3) is 0.182. The fourth-order valence-corrected chi connectivity index (χ4v) is 4.14. The fourth-order valence-electron chi connectivity index (χ4n) is 2.85. The average molecular weight is 379 g/mol. The zero-order valence-corrected chi connectivity index (χ0v) is 16.3. The Kier molecular flexibility index (Phi) is 5.42. The second-order valence-electron chi connectivity index (χ2n) is 6.64. The van der Waals surface area contributed by atoms with Crippen molar-refractivity contribution in [2.45, 2.75) is 26.8 Å². The number of amides is 1. The molecule has 0 aliphatic carbocycles. The number of carbonyl (C=O) groups excluding carboxylic acids is 1. The molecule has 0 saturated heterocycles. The van der Waals surface area contributed by atoms with Crippen LogP contribution < -0.4 is 4.90 Å². The first-order chi connectivity index (χ1) is 12.9. The standard InChI is InChI=1S/C22H21NO3S/c1-14(2)23(20(24)17-11-9-15(3)10-12-17)21-18(22(25)26)13-19(27-21)16-7-5-4-6-8-16/h4-14H,1-3H3,(H,25,26). The number of aryl methyl sites for hydroxylation is 1. The van der Waals surface area contributed by atoms with Gasteiger partial charge in [0.2, 0.25) is 0 Å². The van der Waals surface area contributed by atoms with Gasteiger partial charge in [-0.15, -0.1) is 11.3 Å². The second kappa shape index (κ2) is 7.76. The predicted molar refractivity (Wildman–Crippen MR) is 110 cm³/mol. The maximum atomic E-state index is 13.2. The van der Waals surface area contributed by atoms with E-state index in [0.29, 0.717) is 10.6 Å². The Morgan fingerprint density at radius 2 is 1.63 bits per heavy atom. The van der Waals surface area contributed by atoms with Gasteiger partial charge < -0.3 is 5.11 Å². The molecule has 2 aromatic carbocycles. The van der Waals surface area contributed by atoms with Crippen molar-refractivity contribution in [3.05, 3.63) is 77.4 Å². The van der Waals surface area contributed by atoms with Crippen LogP contribution in [0.15, 0.2) is 60.7 Å². The maximum Gasteiger partial charge on any atom is 0.338 e. The minimum atomic E-state index is -1.04. The Bertz CT molecular complexity index is 959. The minimum Gasteiger partial charge on any atom is -0.478 e. The highest BCUT2D eigenvalue weighted by molar-refractivity contribution is 7.20. The summed E-state index contributed by atoms with van der Waals surface area (Å²) in [6.45, 7) is 5.74. The van der Waals surface area contributed by atoms with E-state index in [1.807, 2.05) is 63.2 Å². The average Bonchev–Trinajstić information content (AvgIpc) is 3.08. The third-order valence-electron chi connectivity index (χ3n) is 4.25. The van der Waals surface area contributed by atoms with Gasteiger partial charge in [-0.2, -0.15) is 0 Å². The van der Waals surface area contributed by atoms with Crippen molar-refractivity contribution in [2.24, 2.45) is 0 Å². The van der Waals surface area contributed by atoms with Crippen LogP contribution in [-0.2, 0) is 0 Å². The van der Waals surface area contributed by atoms with Gasteiger partial charge in [0.05, 0.1) is 5.56 Å². The number of hydrogen-bond donors (Lipinski definition) is 1. The molecular weight excluding hydrogens is 358 g/mol. The zero-order valence-electron chi connectivity index (χ0n) is 15.5. The van der Waals surface area contributed by atoms with Crippen LogP contribution in [0.5, 0.6) is 0 Å². The minimum absolute atomic E-state index is 0.146. The molecule has 1 amide bonds. The molecule has 27 heavy (non-hydrogen) atoms. The van der Waals surface area contributed by atoms with Gasteiger partial charge in [0.25, 0.3) is 5.91 Å². The number of hydrogen-bond acceptors (Lipinski definition) is 3. The van der Waals surface area contributed by atoms with Crippen LogP contribution in [0.3, 0.4) is 0 Å². The summed E-state index contributed by atoms with van der Waals surface area (Å²) in [5.74, 6) is -1.24. The van der Waals surface area contributed by atoms with Gasteiger partial charge in [-0.05, 0) is 44.5 Å². The van der Waals surface area contributed by atoms with E-state index in [9.17, 15) is 14.7 Å². The summed E-state index contributed by atoms with van der Waals surface area (Å²) >= 11 is 1.33. The summed E-state index contributed by atoms with van der Waals surface area (Å²) in [6.07, 6.45) is 0. The summed E-state index contributed by atoms with van der Waals surface area (Å²) in [5, 5.41) is 10.2. The highest BCUT2D eigenvalue weighted by Gasteiger charge is 2.28. The van der Waals surface area contributed by atoms with Crippen LogP contribution >= 0.6 is 11.3 Å². The molecule has 0 radical (unpaired) electrons. The lowest BCUT2D eigenvalue weighted by Gasteiger charge is -2.26. The SMILES string of the molecule is Cc1ccc(C(=O)N(c2sc(-c3ccccc3)cc2C(=O)O)C(C)C)cc1. The third kappa shape index (κ3) is 3.93. The first-order valence-electron chi connectivity index (χ1n) is 8.71. The van der Waals surface area contributed by atoms with E-state index in [-0.39, 0.29) is 17.5 Å². The van der Waals surface area contributed by atoms with E-state index in [0.717, 1.165) is 16.0 Å². The highest BCUT2D eigenvalue weighted by atomic mass is 32.1. The Labute approximate surface area is 162 Å². The molecule has 5 heteroatoms. The van der Waals surface area contributed by atoms with Gasteiger partial charge in [0.15, 0.2) is 0 Å². The number of carbonyl (C=O) groups is 2.